The zero-order valence-corrected chi connectivity index (χ0v) is 11.6. The van der Waals surface area contributed by atoms with Gasteiger partial charge in [-0.25, -0.2) is 0 Å². The molecule has 2 heteroatoms. The van der Waals surface area contributed by atoms with Crippen molar-refractivity contribution in [3.8, 4) is 0 Å². The number of aryl methyl sites for hydroxylation is 1. The normalized spacial score (nSPS) is 19.4. The van der Waals surface area contributed by atoms with E-state index in [4.69, 9.17) is 0 Å². The summed E-state index contributed by atoms with van der Waals surface area (Å²) in [6.07, 6.45) is 3.32. The van der Waals surface area contributed by atoms with Crippen LogP contribution in [-0.4, -0.2) is 17.8 Å². The summed E-state index contributed by atoms with van der Waals surface area (Å²) >= 11 is 0. The standard InChI is InChI=1S/C18H21NO/c20-13-18(15-7-2-1-3-8-15)19-17-11-10-14-6-4-5-9-16(14)12-17/h1-9,17-20H,10-13H2. The first-order valence-electron chi connectivity index (χ1n) is 7.35. The molecule has 0 aromatic heterocycles. The van der Waals surface area contributed by atoms with Gasteiger partial charge in [-0.15, -0.1) is 0 Å². The van der Waals surface area contributed by atoms with Gasteiger partial charge in [-0.05, 0) is 36.0 Å². The monoisotopic (exact) mass is 267 g/mol. The van der Waals surface area contributed by atoms with Crippen molar-refractivity contribution in [2.45, 2.75) is 31.3 Å². The topological polar surface area (TPSA) is 32.3 Å². The zero-order valence-electron chi connectivity index (χ0n) is 11.6. The van der Waals surface area contributed by atoms with Crippen molar-refractivity contribution in [1.82, 2.24) is 5.32 Å². The van der Waals surface area contributed by atoms with Gasteiger partial charge in [-0.3, -0.25) is 0 Å². The highest BCUT2D eigenvalue weighted by atomic mass is 16.3. The molecule has 1 aliphatic rings. The quantitative estimate of drug-likeness (QED) is 0.893. The Morgan fingerprint density at radius 2 is 1.70 bits per heavy atom. The highest BCUT2D eigenvalue weighted by Crippen LogP contribution is 2.23. The van der Waals surface area contributed by atoms with E-state index in [0.29, 0.717) is 6.04 Å². The van der Waals surface area contributed by atoms with E-state index >= 15 is 0 Å². The Morgan fingerprint density at radius 1 is 1.00 bits per heavy atom. The van der Waals surface area contributed by atoms with Gasteiger partial charge in [-0.2, -0.15) is 0 Å². The second-order valence-corrected chi connectivity index (χ2v) is 5.52. The molecule has 1 aliphatic carbocycles. The van der Waals surface area contributed by atoms with Crippen LogP contribution in [0.2, 0.25) is 0 Å². The Morgan fingerprint density at radius 3 is 2.45 bits per heavy atom. The van der Waals surface area contributed by atoms with Crippen molar-refractivity contribution in [3.05, 3.63) is 71.3 Å². The lowest BCUT2D eigenvalue weighted by molar-refractivity contribution is 0.228. The summed E-state index contributed by atoms with van der Waals surface area (Å²) in [5.41, 5.74) is 4.08. The van der Waals surface area contributed by atoms with Gasteiger partial charge in [0, 0.05) is 6.04 Å². The van der Waals surface area contributed by atoms with E-state index in [-0.39, 0.29) is 12.6 Å². The molecule has 0 bridgehead atoms. The SMILES string of the molecule is OCC(NC1CCc2ccccc2C1)c1ccccc1. The fourth-order valence-corrected chi connectivity index (χ4v) is 3.06. The third-order valence-electron chi connectivity index (χ3n) is 4.17. The summed E-state index contributed by atoms with van der Waals surface area (Å²) in [7, 11) is 0. The first kappa shape index (κ1) is 13.3. The molecule has 3 rings (SSSR count). The first-order chi connectivity index (χ1) is 9.86. The number of rotatable bonds is 4. The van der Waals surface area contributed by atoms with E-state index < -0.39 is 0 Å². The third-order valence-corrected chi connectivity index (χ3v) is 4.17. The summed E-state index contributed by atoms with van der Waals surface area (Å²) in [5.74, 6) is 0. The molecule has 0 fully saturated rings. The van der Waals surface area contributed by atoms with E-state index in [1.54, 1.807) is 0 Å². The van der Waals surface area contributed by atoms with Gasteiger partial charge in [0.05, 0.1) is 12.6 Å². The molecule has 2 nitrogen and oxygen atoms in total. The predicted molar refractivity (Wildman–Crippen MR) is 81.7 cm³/mol. The zero-order chi connectivity index (χ0) is 13.8. The molecule has 0 spiro atoms. The lowest BCUT2D eigenvalue weighted by atomic mass is 9.87. The van der Waals surface area contributed by atoms with Crippen molar-refractivity contribution in [2.75, 3.05) is 6.61 Å². The molecule has 0 saturated carbocycles. The molecule has 2 N–H and O–H groups in total. The number of aliphatic hydroxyl groups is 1. The lowest BCUT2D eigenvalue weighted by Gasteiger charge is -2.29. The van der Waals surface area contributed by atoms with Gasteiger partial charge < -0.3 is 10.4 Å². The molecule has 0 amide bonds. The van der Waals surface area contributed by atoms with Crippen LogP contribution in [0.25, 0.3) is 0 Å². The van der Waals surface area contributed by atoms with E-state index in [1.165, 1.54) is 11.1 Å². The molecule has 2 aromatic carbocycles. The maximum absolute atomic E-state index is 9.64. The molecule has 104 valence electrons. The minimum absolute atomic E-state index is 0.0338. The number of aliphatic hydroxyl groups excluding tert-OH is 1. The maximum Gasteiger partial charge on any atom is 0.0626 e. The number of nitrogens with one attached hydrogen (secondary N) is 1. The van der Waals surface area contributed by atoms with Crippen LogP contribution in [0.4, 0.5) is 0 Å². The Balaban J connectivity index is 1.69. The summed E-state index contributed by atoms with van der Waals surface area (Å²) in [4.78, 5) is 0. The Kier molecular flexibility index (Phi) is 4.14. The van der Waals surface area contributed by atoms with Crippen LogP contribution in [-0.2, 0) is 12.8 Å². The van der Waals surface area contributed by atoms with Crippen LogP contribution < -0.4 is 5.32 Å². The summed E-state index contributed by atoms with van der Waals surface area (Å²) in [6.45, 7) is 0.141. The smallest absolute Gasteiger partial charge is 0.0626 e. The molecule has 0 saturated heterocycles. The van der Waals surface area contributed by atoms with Crippen LogP contribution >= 0.6 is 0 Å². The van der Waals surface area contributed by atoms with E-state index in [2.05, 4.69) is 41.7 Å². The number of fused-ring (bicyclic) bond motifs is 1. The van der Waals surface area contributed by atoms with Crippen LogP contribution in [0, 0.1) is 0 Å². The van der Waals surface area contributed by atoms with Gasteiger partial charge in [0.2, 0.25) is 0 Å². The molecule has 0 heterocycles. The third kappa shape index (κ3) is 2.92. The van der Waals surface area contributed by atoms with E-state index in [0.717, 1.165) is 24.8 Å². The Hall–Kier alpha value is -1.64. The average Bonchev–Trinajstić information content (AvgIpc) is 2.53. The molecule has 2 aromatic rings. The minimum Gasteiger partial charge on any atom is -0.394 e. The van der Waals surface area contributed by atoms with Gasteiger partial charge in [-0.1, -0.05) is 54.6 Å². The first-order valence-corrected chi connectivity index (χ1v) is 7.35. The molecule has 0 radical (unpaired) electrons. The average molecular weight is 267 g/mol. The molecular weight excluding hydrogens is 246 g/mol. The van der Waals surface area contributed by atoms with E-state index in [9.17, 15) is 5.11 Å². The molecule has 0 aliphatic heterocycles. The fourth-order valence-electron chi connectivity index (χ4n) is 3.06. The second-order valence-electron chi connectivity index (χ2n) is 5.52. The lowest BCUT2D eigenvalue weighted by Crippen LogP contribution is -2.38. The summed E-state index contributed by atoms with van der Waals surface area (Å²) in [5, 5.41) is 13.3. The van der Waals surface area contributed by atoms with Gasteiger partial charge in [0.25, 0.3) is 0 Å². The summed E-state index contributed by atoms with van der Waals surface area (Å²) < 4.78 is 0. The highest BCUT2D eigenvalue weighted by molar-refractivity contribution is 5.30. The fraction of sp³-hybridized carbons (Fsp3) is 0.333. The van der Waals surface area contributed by atoms with Crippen molar-refractivity contribution < 1.29 is 5.11 Å². The number of hydrogen-bond donors (Lipinski definition) is 2. The number of benzene rings is 2. The van der Waals surface area contributed by atoms with Gasteiger partial charge >= 0.3 is 0 Å². The molecule has 20 heavy (non-hydrogen) atoms. The number of hydrogen-bond acceptors (Lipinski definition) is 2. The van der Waals surface area contributed by atoms with Crippen LogP contribution in [0.3, 0.4) is 0 Å². The van der Waals surface area contributed by atoms with Crippen LogP contribution in [0.5, 0.6) is 0 Å². The summed E-state index contributed by atoms with van der Waals surface area (Å²) in [6, 6.07) is 19.4. The predicted octanol–water partition coefficient (Wildman–Crippen LogP) is 2.87. The molecule has 2 atom stereocenters. The van der Waals surface area contributed by atoms with Crippen molar-refractivity contribution in [1.29, 1.82) is 0 Å². The minimum atomic E-state index is 0.0338. The van der Waals surface area contributed by atoms with E-state index in [1.807, 2.05) is 18.2 Å². The Bertz CT molecular complexity index is 552. The second kappa shape index (κ2) is 6.21. The largest absolute Gasteiger partial charge is 0.394 e. The van der Waals surface area contributed by atoms with Crippen LogP contribution in [0.15, 0.2) is 54.6 Å². The van der Waals surface area contributed by atoms with Crippen molar-refractivity contribution in [3.63, 3.8) is 0 Å². The van der Waals surface area contributed by atoms with Crippen molar-refractivity contribution in [2.24, 2.45) is 0 Å². The van der Waals surface area contributed by atoms with Crippen LogP contribution in [0.1, 0.15) is 29.2 Å². The molecule has 2 unspecified atom stereocenters. The molecular formula is C18H21NO. The maximum atomic E-state index is 9.64. The van der Waals surface area contributed by atoms with Crippen molar-refractivity contribution >= 4 is 0 Å². The Labute approximate surface area is 120 Å². The van der Waals surface area contributed by atoms with Gasteiger partial charge in [0.1, 0.15) is 0 Å². The van der Waals surface area contributed by atoms with Gasteiger partial charge in [0.15, 0.2) is 0 Å². The highest BCUT2D eigenvalue weighted by Gasteiger charge is 2.21.